The largest absolute Gasteiger partial charge is 0.293 e. The van der Waals surface area contributed by atoms with Crippen molar-refractivity contribution in [2.45, 2.75) is 13.5 Å². The monoisotopic (exact) mass is 327 g/mol. The smallest absolute Gasteiger partial charge is 0.268 e. The summed E-state index contributed by atoms with van der Waals surface area (Å²) in [4.78, 5) is 26.0. The number of carbonyl (C=O) groups is 2. The molecule has 0 N–H and O–H groups in total. The van der Waals surface area contributed by atoms with Crippen molar-refractivity contribution in [3.63, 3.8) is 0 Å². The van der Waals surface area contributed by atoms with Crippen molar-refractivity contribution < 1.29 is 14.0 Å². The Kier molecular flexibility index (Phi) is 4.30. The van der Waals surface area contributed by atoms with E-state index in [4.69, 9.17) is 0 Å². The molecule has 2 amide bonds. The first-order valence-electron chi connectivity index (χ1n) is 7.10. The second-order valence-electron chi connectivity index (χ2n) is 5.22. The third kappa shape index (κ3) is 3.19. The molecule has 0 saturated carbocycles. The molecular formula is C18H14FNO2S. The number of hydrogen-bond donors (Lipinski definition) is 0. The molecule has 3 nitrogen and oxygen atoms in total. The highest BCUT2D eigenvalue weighted by molar-refractivity contribution is 8.18. The maximum absolute atomic E-state index is 13.7. The van der Waals surface area contributed by atoms with Gasteiger partial charge >= 0.3 is 0 Å². The van der Waals surface area contributed by atoms with Gasteiger partial charge in [-0.1, -0.05) is 42.5 Å². The van der Waals surface area contributed by atoms with Crippen molar-refractivity contribution in [3.05, 3.63) is 75.9 Å². The minimum absolute atomic E-state index is 0.0531. The van der Waals surface area contributed by atoms with Crippen LogP contribution in [0.1, 0.15) is 16.7 Å². The fourth-order valence-electron chi connectivity index (χ4n) is 2.32. The lowest BCUT2D eigenvalue weighted by Gasteiger charge is -2.12. The lowest BCUT2D eigenvalue weighted by atomic mass is 10.1. The molecule has 3 rings (SSSR count). The maximum Gasteiger partial charge on any atom is 0.293 e. The van der Waals surface area contributed by atoms with Crippen molar-refractivity contribution in [3.8, 4) is 0 Å². The molecule has 5 heteroatoms. The Balaban J connectivity index is 1.86. The Morgan fingerprint density at radius 3 is 2.52 bits per heavy atom. The van der Waals surface area contributed by atoms with E-state index in [9.17, 15) is 14.0 Å². The summed E-state index contributed by atoms with van der Waals surface area (Å²) in [5.74, 6) is -0.805. The number of nitrogens with zero attached hydrogens (tertiary/aromatic N) is 1. The van der Waals surface area contributed by atoms with Crippen molar-refractivity contribution in [2.24, 2.45) is 0 Å². The zero-order chi connectivity index (χ0) is 16.4. The molecule has 116 valence electrons. The molecule has 0 bridgehead atoms. The first kappa shape index (κ1) is 15.5. The standard InChI is InChI=1S/C18H14FNO2S/c1-12-6-2-3-7-13(12)10-16-17(21)20(18(22)23-16)11-14-8-4-5-9-15(14)19/h2-10H,11H2,1H3/b16-10+. The van der Waals surface area contributed by atoms with E-state index in [1.165, 1.54) is 6.07 Å². The number of thioether (sulfide) groups is 1. The van der Waals surface area contributed by atoms with Crippen LogP contribution in [0.4, 0.5) is 9.18 Å². The quantitative estimate of drug-likeness (QED) is 0.786. The third-order valence-electron chi connectivity index (χ3n) is 3.63. The fraction of sp³-hybridized carbons (Fsp3) is 0.111. The van der Waals surface area contributed by atoms with Gasteiger partial charge in [-0.3, -0.25) is 14.5 Å². The lowest BCUT2D eigenvalue weighted by Crippen LogP contribution is -2.27. The molecule has 1 aliphatic rings. The summed E-state index contributed by atoms with van der Waals surface area (Å²) in [6.45, 7) is 1.89. The van der Waals surface area contributed by atoms with Crippen LogP contribution in [-0.4, -0.2) is 16.0 Å². The predicted molar refractivity (Wildman–Crippen MR) is 89.1 cm³/mol. The number of hydrogen-bond acceptors (Lipinski definition) is 3. The van der Waals surface area contributed by atoms with Crippen molar-refractivity contribution in [1.29, 1.82) is 0 Å². The van der Waals surface area contributed by atoms with E-state index in [1.807, 2.05) is 31.2 Å². The molecule has 1 aliphatic heterocycles. The van der Waals surface area contributed by atoms with Gasteiger partial charge in [0.1, 0.15) is 5.82 Å². The average molecular weight is 327 g/mol. The van der Waals surface area contributed by atoms with E-state index < -0.39 is 5.82 Å². The van der Waals surface area contributed by atoms with Crippen LogP contribution in [0.15, 0.2) is 53.4 Å². The highest BCUT2D eigenvalue weighted by atomic mass is 32.2. The summed E-state index contributed by atoms with van der Waals surface area (Å²) in [6, 6.07) is 13.8. The zero-order valence-electron chi connectivity index (χ0n) is 12.5. The minimum Gasteiger partial charge on any atom is -0.268 e. The van der Waals surface area contributed by atoms with Gasteiger partial charge in [0.2, 0.25) is 0 Å². The van der Waals surface area contributed by atoms with Gasteiger partial charge in [-0.15, -0.1) is 0 Å². The highest BCUT2D eigenvalue weighted by Gasteiger charge is 2.35. The Labute approximate surface area is 137 Å². The van der Waals surface area contributed by atoms with Crippen LogP contribution >= 0.6 is 11.8 Å². The molecule has 0 spiro atoms. The molecule has 0 unspecified atom stereocenters. The molecule has 23 heavy (non-hydrogen) atoms. The Bertz CT molecular complexity index is 816. The molecule has 0 radical (unpaired) electrons. The van der Waals surface area contributed by atoms with Gasteiger partial charge in [-0.05, 0) is 42.0 Å². The van der Waals surface area contributed by atoms with Crippen molar-refractivity contribution in [2.75, 3.05) is 0 Å². The molecule has 1 heterocycles. The summed E-state index contributed by atoms with van der Waals surface area (Å²) in [5, 5.41) is -0.377. The maximum atomic E-state index is 13.7. The molecule has 1 fully saturated rings. The van der Waals surface area contributed by atoms with Gasteiger partial charge in [0.15, 0.2) is 0 Å². The van der Waals surface area contributed by atoms with E-state index in [-0.39, 0.29) is 17.7 Å². The van der Waals surface area contributed by atoms with E-state index in [0.29, 0.717) is 10.5 Å². The Hall–Kier alpha value is -2.40. The number of aryl methyl sites for hydroxylation is 1. The second kappa shape index (κ2) is 6.38. The van der Waals surface area contributed by atoms with E-state index in [2.05, 4.69) is 0 Å². The van der Waals surface area contributed by atoms with Gasteiger partial charge in [-0.2, -0.15) is 0 Å². The van der Waals surface area contributed by atoms with Gasteiger partial charge in [0.05, 0.1) is 11.4 Å². The van der Waals surface area contributed by atoms with Crippen molar-refractivity contribution in [1.82, 2.24) is 4.90 Å². The Morgan fingerprint density at radius 1 is 1.09 bits per heavy atom. The van der Waals surface area contributed by atoms with E-state index >= 15 is 0 Å². The fourth-order valence-corrected chi connectivity index (χ4v) is 3.15. The number of halogens is 1. The van der Waals surface area contributed by atoms with Gasteiger partial charge < -0.3 is 0 Å². The molecule has 0 aliphatic carbocycles. The second-order valence-corrected chi connectivity index (χ2v) is 6.21. The van der Waals surface area contributed by atoms with Gasteiger partial charge in [0.25, 0.3) is 11.1 Å². The molecule has 2 aromatic rings. The first-order chi connectivity index (χ1) is 11.1. The van der Waals surface area contributed by atoms with Gasteiger partial charge in [-0.25, -0.2) is 4.39 Å². The van der Waals surface area contributed by atoms with Crippen LogP contribution < -0.4 is 0 Å². The summed E-state index contributed by atoms with van der Waals surface area (Å²) in [6.07, 6.45) is 1.71. The average Bonchev–Trinajstić information content (AvgIpc) is 2.79. The van der Waals surface area contributed by atoms with E-state index in [0.717, 1.165) is 27.8 Å². The molecule has 1 saturated heterocycles. The topological polar surface area (TPSA) is 37.4 Å². The van der Waals surface area contributed by atoms with Crippen LogP contribution in [0.3, 0.4) is 0 Å². The van der Waals surface area contributed by atoms with Crippen LogP contribution in [0.5, 0.6) is 0 Å². The molecule has 2 aromatic carbocycles. The summed E-state index contributed by atoms with van der Waals surface area (Å²) >= 11 is 0.887. The van der Waals surface area contributed by atoms with Crippen LogP contribution in [-0.2, 0) is 11.3 Å². The SMILES string of the molecule is Cc1ccccc1/C=C1/SC(=O)N(Cc2ccccc2F)C1=O. The third-order valence-corrected chi connectivity index (χ3v) is 4.54. The first-order valence-corrected chi connectivity index (χ1v) is 7.92. The number of rotatable bonds is 3. The van der Waals surface area contributed by atoms with Crippen molar-refractivity contribution >= 4 is 29.0 Å². The van der Waals surface area contributed by atoms with E-state index in [1.54, 1.807) is 24.3 Å². The van der Waals surface area contributed by atoms with Crippen LogP contribution in [0.2, 0.25) is 0 Å². The predicted octanol–water partition coefficient (Wildman–Crippen LogP) is 4.37. The van der Waals surface area contributed by atoms with Crippen LogP contribution in [0.25, 0.3) is 6.08 Å². The zero-order valence-corrected chi connectivity index (χ0v) is 13.3. The summed E-state index contributed by atoms with van der Waals surface area (Å²) < 4.78 is 13.7. The summed E-state index contributed by atoms with van der Waals surface area (Å²) in [7, 11) is 0. The molecular weight excluding hydrogens is 313 g/mol. The molecule has 0 aromatic heterocycles. The highest BCUT2D eigenvalue weighted by Crippen LogP contribution is 2.33. The van der Waals surface area contributed by atoms with Crippen LogP contribution in [0, 0.1) is 12.7 Å². The van der Waals surface area contributed by atoms with Gasteiger partial charge in [0, 0.05) is 5.56 Å². The number of carbonyl (C=O) groups excluding carboxylic acids is 2. The summed E-state index contributed by atoms with van der Waals surface area (Å²) in [5.41, 5.74) is 2.24. The number of benzene rings is 2. The number of amides is 2. The number of imide groups is 1. The normalized spacial score (nSPS) is 16.4. The Morgan fingerprint density at radius 2 is 1.78 bits per heavy atom. The molecule has 0 atom stereocenters. The minimum atomic E-state index is -0.422. The lowest BCUT2D eigenvalue weighted by molar-refractivity contribution is -0.123.